The standard InChI is InChI=1S/C26H27N7O3/c1-3-24(35)33-12-11-32(16-18(33)9-10-27)23-15-22(30-26(31-23)28-4-2)25(36)29-21-14-19(34)13-17-7-5-6-8-20(17)21/h3,5-8,13-15,18,34H,1,4,9,11-12,16H2,2H3,(H,29,36)(H,28,30,31)/t18-/m0/s1. The summed E-state index contributed by atoms with van der Waals surface area (Å²) >= 11 is 0. The quantitative estimate of drug-likeness (QED) is 0.435. The third kappa shape index (κ3) is 5.20. The maximum Gasteiger partial charge on any atom is 0.274 e. The Morgan fingerprint density at radius 3 is 2.81 bits per heavy atom. The topological polar surface area (TPSA) is 134 Å². The predicted octanol–water partition coefficient (Wildman–Crippen LogP) is 3.14. The summed E-state index contributed by atoms with van der Waals surface area (Å²) in [7, 11) is 0. The lowest BCUT2D eigenvalue weighted by Gasteiger charge is -2.40. The zero-order chi connectivity index (χ0) is 25.7. The van der Waals surface area contributed by atoms with Crippen molar-refractivity contribution in [1.82, 2.24) is 14.9 Å². The van der Waals surface area contributed by atoms with E-state index in [-0.39, 0.29) is 29.8 Å². The van der Waals surface area contributed by atoms with Crippen LogP contribution in [0.4, 0.5) is 17.5 Å². The first-order chi connectivity index (χ1) is 17.4. The smallest absolute Gasteiger partial charge is 0.274 e. The first-order valence-corrected chi connectivity index (χ1v) is 11.6. The second kappa shape index (κ2) is 10.7. The number of carbonyl (C=O) groups excluding carboxylic acids is 2. The first-order valence-electron chi connectivity index (χ1n) is 11.6. The van der Waals surface area contributed by atoms with Gasteiger partial charge in [0.1, 0.15) is 17.3 Å². The average Bonchev–Trinajstić information content (AvgIpc) is 2.88. The van der Waals surface area contributed by atoms with Gasteiger partial charge in [0, 0.05) is 43.7 Å². The molecule has 3 aromatic rings. The van der Waals surface area contributed by atoms with Crippen molar-refractivity contribution >= 4 is 40.0 Å². The number of nitriles is 1. The van der Waals surface area contributed by atoms with Crippen molar-refractivity contribution < 1.29 is 14.7 Å². The third-order valence-corrected chi connectivity index (χ3v) is 5.97. The molecule has 2 amide bonds. The summed E-state index contributed by atoms with van der Waals surface area (Å²) in [6.07, 6.45) is 1.42. The molecule has 1 saturated heterocycles. The van der Waals surface area contributed by atoms with Crippen molar-refractivity contribution in [2.45, 2.75) is 19.4 Å². The van der Waals surface area contributed by atoms with E-state index in [1.54, 1.807) is 17.0 Å². The highest BCUT2D eigenvalue weighted by Gasteiger charge is 2.30. The van der Waals surface area contributed by atoms with Gasteiger partial charge in [-0.1, -0.05) is 30.8 Å². The monoisotopic (exact) mass is 485 g/mol. The lowest BCUT2D eigenvalue weighted by Crippen LogP contribution is -2.55. The number of anilines is 3. The van der Waals surface area contributed by atoms with Gasteiger partial charge in [0.2, 0.25) is 11.9 Å². The summed E-state index contributed by atoms with van der Waals surface area (Å²) in [6.45, 7) is 7.26. The van der Waals surface area contributed by atoms with Crippen LogP contribution in [0.2, 0.25) is 0 Å². The Hall–Kier alpha value is -4.65. The molecule has 4 rings (SSSR count). The van der Waals surface area contributed by atoms with Crippen molar-refractivity contribution in [3.63, 3.8) is 0 Å². The van der Waals surface area contributed by atoms with Crippen molar-refractivity contribution in [2.24, 2.45) is 0 Å². The van der Waals surface area contributed by atoms with Gasteiger partial charge >= 0.3 is 0 Å². The number of rotatable bonds is 7. The molecule has 1 fully saturated rings. The van der Waals surface area contributed by atoms with Crippen LogP contribution in [0.5, 0.6) is 5.75 Å². The largest absolute Gasteiger partial charge is 0.508 e. The highest BCUT2D eigenvalue weighted by atomic mass is 16.3. The van der Waals surface area contributed by atoms with Crippen LogP contribution in [-0.2, 0) is 4.79 Å². The Bertz CT molecular complexity index is 1350. The molecule has 2 aromatic carbocycles. The molecule has 2 heterocycles. The Balaban J connectivity index is 1.64. The Kier molecular flexibility index (Phi) is 7.30. The van der Waals surface area contributed by atoms with Crippen LogP contribution < -0.4 is 15.5 Å². The molecular formula is C26H27N7O3. The van der Waals surface area contributed by atoms with Gasteiger partial charge in [-0.15, -0.1) is 0 Å². The van der Waals surface area contributed by atoms with E-state index in [9.17, 15) is 20.0 Å². The molecule has 0 bridgehead atoms. The van der Waals surface area contributed by atoms with Crippen LogP contribution >= 0.6 is 0 Å². The Morgan fingerprint density at radius 2 is 2.06 bits per heavy atom. The average molecular weight is 486 g/mol. The van der Waals surface area contributed by atoms with Crippen LogP contribution in [0, 0.1) is 11.3 Å². The number of benzene rings is 2. The van der Waals surface area contributed by atoms with Gasteiger partial charge in [0.15, 0.2) is 0 Å². The van der Waals surface area contributed by atoms with Crippen LogP contribution in [0.1, 0.15) is 23.8 Å². The van der Waals surface area contributed by atoms with Crippen molar-refractivity contribution in [1.29, 1.82) is 5.26 Å². The third-order valence-electron chi connectivity index (χ3n) is 5.97. The number of fused-ring (bicyclic) bond motifs is 1. The maximum atomic E-state index is 13.3. The first kappa shape index (κ1) is 24.5. The minimum atomic E-state index is -0.456. The van der Waals surface area contributed by atoms with Gasteiger partial charge in [0.05, 0.1) is 24.2 Å². The second-order valence-corrected chi connectivity index (χ2v) is 8.33. The number of aromatic hydroxyl groups is 1. The number of nitrogens with one attached hydrogen (secondary N) is 2. The molecule has 0 radical (unpaired) electrons. The van der Waals surface area contributed by atoms with Crippen LogP contribution in [-0.4, -0.2) is 64.0 Å². The van der Waals surface area contributed by atoms with Gasteiger partial charge in [-0.3, -0.25) is 9.59 Å². The van der Waals surface area contributed by atoms with Gasteiger partial charge in [-0.25, -0.2) is 4.98 Å². The molecule has 0 spiro atoms. The second-order valence-electron chi connectivity index (χ2n) is 8.33. The number of amides is 2. The molecule has 1 aliphatic heterocycles. The lowest BCUT2D eigenvalue weighted by atomic mass is 10.1. The zero-order valence-electron chi connectivity index (χ0n) is 19.9. The molecule has 10 nitrogen and oxygen atoms in total. The van der Waals surface area contributed by atoms with E-state index in [1.807, 2.05) is 36.1 Å². The Morgan fingerprint density at radius 1 is 1.25 bits per heavy atom. The van der Waals surface area contributed by atoms with E-state index in [0.29, 0.717) is 43.6 Å². The number of hydrogen-bond acceptors (Lipinski definition) is 8. The molecule has 0 saturated carbocycles. The van der Waals surface area contributed by atoms with Crippen molar-refractivity contribution in [2.75, 3.05) is 41.7 Å². The van der Waals surface area contributed by atoms with E-state index in [4.69, 9.17) is 0 Å². The minimum absolute atomic E-state index is 0.0381. The van der Waals surface area contributed by atoms with E-state index in [0.717, 1.165) is 10.8 Å². The highest BCUT2D eigenvalue weighted by Crippen LogP contribution is 2.29. The fourth-order valence-electron chi connectivity index (χ4n) is 4.29. The van der Waals surface area contributed by atoms with E-state index < -0.39 is 5.91 Å². The summed E-state index contributed by atoms with van der Waals surface area (Å²) < 4.78 is 0. The highest BCUT2D eigenvalue weighted by molar-refractivity contribution is 6.09. The molecular weight excluding hydrogens is 458 g/mol. The summed E-state index contributed by atoms with van der Waals surface area (Å²) in [5, 5.41) is 26.9. The Labute approximate surface area is 208 Å². The molecule has 0 aliphatic carbocycles. The number of phenolic OH excluding ortho intramolecular Hbond substituents is 1. The molecule has 1 aromatic heterocycles. The molecule has 184 valence electrons. The molecule has 0 unspecified atom stereocenters. The summed E-state index contributed by atoms with van der Waals surface area (Å²) in [5.41, 5.74) is 0.608. The van der Waals surface area contributed by atoms with Crippen molar-refractivity contribution in [3.05, 3.63) is 60.8 Å². The van der Waals surface area contributed by atoms with Gasteiger partial charge < -0.3 is 25.5 Å². The zero-order valence-corrected chi connectivity index (χ0v) is 19.9. The fraction of sp³-hybridized carbons (Fsp3) is 0.269. The van der Waals surface area contributed by atoms with Crippen molar-refractivity contribution in [3.8, 4) is 11.8 Å². The number of carbonyl (C=O) groups is 2. The number of hydrogen-bond donors (Lipinski definition) is 3. The predicted molar refractivity (Wildman–Crippen MR) is 138 cm³/mol. The van der Waals surface area contributed by atoms with Gasteiger partial charge in [-0.05, 0) is 24.5 Å². The molecule has 1 atom stereocenters. The molecule has 3 N–H and O–H groups in total. The van der Waals surface area contributed by atoms with E-state index >= 15 is 0 Å². The molecule has 36 heavy (non-hydrogen) atoms. The van der Waals surface area contributed by atoms with Crippen LogP contribution in [0.3, 0.4) is 0 Å². The summed E-state index contributed by atoms with van der Waals surface area (Å²) in [5.74, 6) is 0.172. The van der Waals surface area contributed by atoms with E-state index in [1.165, 1.54) is 12.1 Å². The SMILES string of the molecule is C=CC(=O)N1CCN(c2cc(C(=O)Nc3cc(O)cc4ccccc34)nc(NCC)n2)C[C@@H]1CC#N. The number of nitrogens with zero attached hydrogens (tertiary/aromatic N) is 5. The minimum Gasteiger partial charge on any atom is -0.508 e. The van der Waals surface area contributed by atoms with Gasteiger partial charge in [0.25, 0.3) is 5.91 Å². The maximum absolute atomic E-state index is 13.3. The number of piperazine rings is 1. The normalized spacial score (nSPS) is 15.3. The van der Waals surface area contributed by atoms with E-state index in [2.05, 4.69) is 33.2 Å². The molecule has 1 aliphatic rings. The van der Waals surface area contributed by atoms with Crippen LogP contribution in [0.25, 0.3) is 10.8 Å². The number of phenols is 1. The summed E-state index contributed by atoms with van der Waals surface area (Å²) in [6, 6.07) is 14.0. The lowest BCUT2D eigenvalue weighted by molar-refractivity contribution is -0.128. The van der Waals surface area contributed by atoms with Gasteiger partial charge in [-0.2, -0.15) is 10.2 Å². The number of aromatic nitrogens is 2. The molecule has 10 heteroatoms. The summed E-state index contributed by atoms with van der Waals surface area (Å²) in [4.78, 5) is 38.0. The fourth-order valence-corrected chi connectivity index (χ4v) is 4.29. The van der Waals surface area contributed by atoms with Crippen LogP contribution in [0.15, 0.2) is 55.1 Å².